The van der Waals surface area contributed by atoms with Gasteiger partial charge in [0.1, 0.15) is 18.2 Å². The van der Waals surface area contributed by atoms with Gasteiger partial charge >= 0.3 is 0 Å². The lowest BCUT2D eigenvalue weighted by Gasteiger charge is -2.15. The molecule has 0 unspecified atom stereocenters. The van der Waals surface area contributed by atoms with Crippen LogP contribution in [0.2, 0.25) is 5.02 Å². The zero-order valence-corrected chi connectivity index (χ0v) is 16.4. The molecule has 0 aliphatic heterocycles. The molecule has 0 fully saturated rings. The first-order valence-corrected chi connectivity index (χ1v) is 9.09. The Morgan fingerprint density at radius 3 is 2.39 bits per heavy atom. The van der Waals surface area contributed by atoms with E-state index in [4.69, 9.17) is 25.8 Å². The molecule has 6 heteroatoms. The van der Waals surface area contributed by atoms with Gasteiger partial charge in [0, 0.05) is 17.8 Å². The highest BCUT2D eigenvalue weighted by Crippen LogP contribution is 2.37. The standard InChI is InChI=1S/C22H21ClFNO3/c1-26-18-9-7-17(8-10-18)25-13-15-11-19(23)22(21(12-15)27-2)28-14-16-5-3-4-6-20(16)24/h3-12,25H,13-14H2,1-2H3. The fourth-order valence-electron chi connectivity index (χ4n) is 2.69. The third-order valence-corrected chi connectivity index (χ3v) is 4.49. The summed E-state index contributed by atoms with van der Waals surface area (Å²) in [6.45, 7) is 0.613. The smallest absolute Gasteiger partial charge is 0.180 e. The molecule has 0 saturated carbocycles. The van der Waals surface area contributed by atoms with E-state index < -0.39 is 0 Å². The maximum Gasteiger partial charge on any atom is 0.180 e. The first-order valence-electron chi connectivity index (χ1n) is 8.71. The predicted octanol–water partition coefficient (Wildman–Crippen LogP) is 5.69. The molecule has 1 N–H and O–H groups in total. The SMILES string of the molecule is COc1ccc(NCc2cc(Cl)c(OCc3ccccc3F)c(OC)c2)cc1. The molecule has 0 atom stereocenters. The van der Waals surface area contributed by atoms with Gasteiger partial charge in [0.05, 0.1) is 19.2 Å². The number of benzene rings is 3. The fourth-order valence-corrected chi connectivity index (χ4v) is 2.98. The van der Waals surface area contributed by atoms with Crippen LogP contribution in [0.5, 0.6) is 17.2 Å². The molecule has 146 valence electrons. The van der Waals surface area contributed by atoms with Crippen LogP contribution in [0.15, 0.2) is 60.7 Å². The molecular formula is C22H21ClFNO3. The summed E-state index contributed by atoms with van der Waals surface area (Å²) in [7, 11) is 3.18. The Morgan fingerprint density at radius 2 is 1.71 bits per heavy atom. The van der Waals surface area contributed by atoms with Crippen molar-refractivity contribution in [2.75, 3.05) is 19.5 Å². The van der Waals surface area contributed by atoms with Crippen LogP contribution in [-0.4, -0.2) is 14.2 Å². The van der Waals surface area contributed by atoms with E-state index in [1.54, 1.807) is 38.5 Å². The molecule has 0 saturated heterocycles. The number of ether oxygens (including phenoxy) is 3. The monoisotopic (exact) mass is 401 g/mol. The lowest BCUT2D eigenvalue weighted by atomic mass is 10.2. The van der Waals surface area contributed by atoms with Crippen LogP contribution in [-0.2, 0) is 13.2 Å². The van der Waals surface area contributed by atoms with E-state index in [9.17, 15) is 4.39 Å². The minimum atomic E-state index is -0.321. The Hall–Kier alpha value is -2.92. The number of methoxy groups -OCH3 is 2. The van der Waals surface area contributed by atoms with Crippen molar-refractivity contribution >= 4 is 17.3 Å². The zero-order valence-electron chi connectivity index (χ0n) is 15.7. The predicted molar refractivity (Wildman–Crippen MR) is 109 cm³/mol. The molecule has 0 aromatic heterocycles. The average Bonchev–Trinajstić information content (AvgIpc) is 2.72. The van der Waals surface area contributed by atoms with Gasteiger partial charge in [-0.15, -0.1) is 0 Å². The molecule has 3 aromatic carbocycles. The number of rotatable bonds is 8. The van der Waals surface area contributed by atoms with Crippen LogP contribution in [0.1, 0.15) is 11.1 Å². The largest absolute Gasteiger partial charge is 0.497 e. The molecule has 0 spiro atoms. The van der Waals surface area contributed by atoms with Gasteiger partial charge in [-0.25, -0.2) is 4.39 Å². The van der Waals surface area contributed by atoms with Crippen molar-refractivity contribution in [1.29, 1.82) is 0 Å². The van der Waals surface area contributed by atoms with E-state index in [0.29, 0.717) is 28.6 Å². The van der Waals surface area contributed by atoms with Gasteiger partial charge in [0.15, 0.2) is 11.5 Å². The highest BCUT2D eigenvalue weighted by molar-refractivity contribution is 6.32. The normalized spacial score (nSPS) is 10.4. The molecule has 28 heavy (non-hydrogen) atoms. The second kappa shape index (κ2) is 9.33. The van der Waals surface area contributed by atoms with E-state index in [1.165, 1.54) is 6.07 Å². The molecule has 0 heterocycles. The lowest BCUT2D eigenvalue weighted by Crippen LogP contribution is -2.03. The van der Waals surface area contributed by atoms with Gasteiger partial charge in [-0.3, -0.25) is 0 Å². The Kier molecular flexibility index (Phi) is 6.61. The van der Waals surface area contributed by atoms with Crippen molar-refractivity contribution < 1.29 is 18.6 Å². The van der Waals surface area contributed by atoms with Crippen molar-refractivity contribution in [2.24, 2.45) is 0 Å². The summed E-state index contributed by atoms with van der Waals surface area (Å²) in [5.41, 5.74) is 2.33. The molecule has 0 amide bonds. The second-order valence-corrected chi connectivity index (χ2v) is 6.48. The summed E-state index contributed by atoms with van der Waals surface area (Å²) in [6.07, 6.45) is 0. The van der Waals surface area contributed by atoms with E-state index in [1.807, 2.05) is 30.3 Å². The Labute approximate surface area is 168 Å². The van der Waals surface area contributed by atoms with Crippen LogP contribution in [0.4, 0.5) is 10.1 Å². The Bertz CT molecular complexity index is 932. The second-order valence-electron chi connectivity index (χ2n) is 6.07. The van der Waals surface area contributed by atoms with Gasteiger partial charge in [-0.1, -0.05) is 29.8 Å². The molecular weight excluding hydrogens is 381 g/mol. The minimum Gasteiger partial charge on any atom is -0.497 e. The van der Waals surface area contributed by atoms with Crippen LogP contribution < -0.4 is 19.5 Å². The van der Waals surface area contributed by atoms with Crippen molar-refractivity contribution in [2.45, 2.75) is 13.2 Å². The highest BCUT2D eigenvalue weighted by atomic mass is 35.5. The summed E-state index contributed by atoms with van der Waals surface area (Å²) < 4.78 is 30.1. The topological polar surface area (TPSA) is 39.7 Å². The molecule has 3 rings (SSSR count). The maximum atomic E-state index is 13.8. The molecule has 0 radical (unpaired) electrons. The minimum absolute atomic E-state index is 0.0617. The van der Waals surface area contributed by atoms with E-state index in [-0.39, 0.29) is 12.4 Å². The van der Waals surface area contributed by atoms with Crippen molar-refractivity contribution in [3.63, 3.8) is 0 Å². The summed E-state index contributed by atoms with van der Waals surface area (Å²) in [6, 6.07) is 17.7. The number of halogens is 2. The highest BCUT2D eigenvalue weighted by Gasteiger charge is 2.13. The first kappa shape index (κ1) is 19.8. The Morgan fingerprint density at radius 1 is 0.964 bits per heavy atom. The van der Waals surface area contributed by atoms with Gasteiger partial charge in [0.2, 0.25) is 0 Å². The van der Waals surface area contributed by atoms with E-state index in [2.05, 4.69) is 5.32 Å². The maximum absolute atomic E-state index is 13.8. The summed E-state index contributed by atoms with van der Waals surface area (Å²) >= 11 is 6.40. The van der Waals surface area contributed by atoms with Crippen LogP contribution >= 0.6 is 11.6 Å². The lowest BCUT2D eigenvalue weighted by molar-refractivity contribution is 0.280. The average molecular weight is 402 g/mol. The van der Waals surface area contributed by atoms with Gasteiger partial charge in [-0.2, -0.15) is 0 Å². The number of nitrogens with one attached hydrogen (secondary N) is 1. The van der Waals surface area contributed by atoms with Crippen LogP contribution in [0.3, 0.4) is 0 Å². The molecule has 0 bridgehead atoms. The van der Waals surface area contributed by atoms with E-state index >= 15 is 0 Å². The van der Waals surface area contributed by atoms with Crippen LogP contribution in [0, 0.1) is 5.82 Å². The fraction of sp³-hybridized carbons (Fsp3) is 0.182. The van der Waals surface area contributed by atoms with Gasteiger partial charge in [0.25, 0.3) is 0 Å². The molecule has 0 aliphatic carbocycles. The zero-order chi connectivity index (χ0) is 19.9. The third-order valence-electron chi connectivity index (χ3n) is 4.21. The Balaban J connectivity index is 1.70. The van der Waals surface area contributed by atoms with Crippen molar-refractivity contribution in [1.82, 2.24) is 0 Å². The van der Waals surface area contributed by atoms with Gasteiger partial charge < -0.3 is 19.5 Å². The number of anilines is 1. The quantitative estimate of drug-likeness (QED) is 0.526. The molecule has 0 aliphatic rings. The van der Waals surface area contributed by atoms with Gasteiger partial charge in [-0.05, 0) is 48.0 Å². The third kappa shape index (κ3) is 4.87. The van der Waals surface area contributed by atoms with Crippen molar-refractivity contribution in [3.8, 4) is 17.2 Å². The van der Waals surface area contributed by atoms with E-state index in [0.717, 1.165) is 17.0 Å². The van der Waals surface area contributed by atoms with Crippen molar-refractivity contribution in [3.05, 3.63) is 82.6 Å². The number of hydrogen-bond acceptors (Lipinski definition) is 4. The summed E-state index contributed by atoms with van der Waals surface area (Å²) in [5, 5.41) is 3.72. The summed E-state index contributed by atoms with van der Waals surface area (Å²) in [5.74, 6) is 1.36. The molecule has 3 aromatic rings. The molecule has 4 nitrogen and oxygen atoms in total. The first-order chi connectivity index (χ1) is 13.6. The number of hydrogen-bond donors (Lipinski definition) is 1. The summed E-state index contributed by atoms with van der Waals surface area (Å²) in [4.78, 5) is 0. The van der Waals surface area contributed by atoms with Crippen LogP contribution in [0.25, 0.3) is 0 Å².